The van der Waals surface area contributed by atoms with Gasteiger partial charge < -0.3 is 10.2 Å². The Hall–Kier alpha value is -0.910. The van der Waals surface area contributed by atoms with Gasteiger partial charge in [0.25, 0.3) is 0 Å². The normalized spacial score (nSPS) is 10.7. The van der Waals surface area contributed by atoms with Crippen LogP contribution in [-0.2, 0) is 6.42 Å². The Morgan fingerprint density at radius 3 is 2.88 bits per heavy atom. The van der Waals surface area contributed by atoms with Gasteiger partial charge in [-0.3, -0.25) is 0 Å². The van der Waals surface area contributed by atoms with E-state index in [4.69, 9.17) is 21.8 Å². The zero-order chi connectivity index (χ0) is 11.5. The van der Waals surface area contributed by atoms with E-state index in [9.17, 15) is 0 Å². The van der Waals surface area contributed by atoms with Gasteiger partial charge in [-0.05, 0) is 18.2 Å². The summed E-state index contributed by atoms with van der Waals surface area (Å²) in [7, 11) is 0. The van der Waals surface area contributed by atoms with Crippen molar-refractivity contribution in [1.29, 1.82) is 0 Å². The number of hydrogen-bond acceptors (Lipinski definition) is 4. The first-order valence-corrected chi connectivity index (χ1v) is 5.85. The number of aromatic nitrogens is 2. The summed E-state index contributed by atoms with van der Waals surface area (Å²) < 4.78 is 6.33. The molecule has 0 spiro atoms. The van der Waals surface area contributed by atoms with Crippen molar-refractivity contribution in [2.45, 2.75) is 6.42 Å². The average Bonchev–Trinajstić information content (AvgIpc) is 2.67. The van der Waals surface area contributed by atoms with Gasteiger partial charge in [0.05, 0.1) is 10.6 Å². The minimum atomic E-state index is 0.418. The average molecular weight is 303 g/mol. The zero-order valence-electron chi connectivity index (χ0n) is 8.28. The Morgan fingerprint density at radius 2 is 2.19 bits per heavy atom. The van der Waals surface area contributed by atoms with E-state index in [0.717, 1.165) is 10.0 Å². The van der Waals surface area contributed by atoms with Gasteiger partial charge in [-0.25, -0.2) is 0 Å². The van der Waals surface area contributed by atoms with Crippen molar-refractivity contribution in [1.82, 2.24) is 10.2 Å². The fraction of sp³-hybridized carbons (Fsp3) is 0.200. The van der Waals surface area contributed by atoms with Crippen molar-refractivity contribution in [3.05, 3.63) is 33.6 Å². The van der Waals surface area contributed by atoms with Crippen molar-refractivity contribution >= 4 is 27.5 Å². The van der Waals surface area contributed by atoms with Crippen molar-refractivity contribution in [3.8, 4) is 11.5 Å². The molecule has 0 saturated carbocycles. The molecule has 16 heavy (non-hydrogen) atoms. The van der Waals surface area contributed by atoms with E-state index in [0.29, 0.717) is 29.8 Å². The first-order chi connectivity index (χ1) is 7.70. The third kappa shape index (κ3) is 2.42. The van der Waals surface area contributed by atoms with Gasteiger partial charge >= 0.3 is 0 Å². The molecule has 1 aromatic carbocycles. The van der Waals surface area contributed by atoms with Crippen molar-refractivity contribution in [2.24, 2.45) is 5.73 Å². The summed E-state index contributed by atoms with van der Waals surface area (Å²) in [4.78, 5) is 0. The quantitative estimate of drug-likeness (QED) is 0.946. The van der Waals surface area contributed by atoms with E-state index in [1.807, 2.05) is 12.1 Å². The maximum atomic E-state index is 6.07. The molecule has 2 rings (SSSR count). The molecule has 0 aliphatic carbocycles. The minimum absolute atomic E-state index is 0.418. The smallest absolute Gasteiger partial charge is 0.249 e. The SMILES string of the molecule is NCCc1nnc(-c2ccc(Br)cc2Cl)o1. The predicted octanol–water partition coefficient (Wildman–Crippen LogP) is 2.65. The molecular weight excluding hydrogens is 293 g/mol. The Morgan fingerprint density at radius 1 is 1.38 bits per heavy atom. The van der Waals surface area contributed by atoms with Crippen LogP contribution in [0, 0.1) is 0 Å². The third-order valence-corrected chi connectivity index (χ3v) is 2.79. The van der Waals surface area contributed by atoms with Gasteiger partial charge in [0, 0.05) is 17.4 Å². The summed E-state index contributed by atoms with van der Waals surface area (Å²) >= 11 is 9.40. The van der Waals surface area contributed by atoms with E-state index in [2.05, 4.69) is 26.1 Å². The van der Waals surface area contributed by atoms with Gasteiger partial charge in [-0.2, -0.15) is 0 Å². The van der Waals surface area contributed by atoms with Crippen LogP contribution in [0.25, 0.3) is 11.5 Å². The molecular formula is C10H9BrClN3O. The molecule has 1 aromatic heterocycles. The molecule has 0 aliphatic heterocycles. The molecule has 0 fully saturated rings. The molecule has 0 radical (unpaired) electrons. The van der Waals surface area contributed by atoms with E-state index >= 15 is 0 Å². The summed E-state index contributed by atoms with van der Waals surface area (Å²) in [6.45, 7) is 0.482. The topological polar surface area (TPSA) is 64.9 Å². The Labute approximate surface area is 106 Å². The highest BCUT2D eigenvalue weighted by Crippen LogP contribution is 2.29. The lowest BCUT2D eigenvalue weighted by Crippen LogP contribution is -2.02. The molecule has 0 saturated heterocycles. The fourth-order valence-electron chi connectivity index (χ4n) is 1.25. The summed E-state index contributed by atoms with van der Waals surface area (Å²) in [5.41, 5.74) is 6.12. The first kappa shape index (κ1) is 11.6. The molecule has 4 nitrogen and oxygen atoms in total. The van der Waals surface area contributed by atoms with E-state index < -0.39 is 0 Å². The highest BCUT2D eigenvalue weighted by Gasteiger charge is 2.11. The third-order valence-electron chi connectivity index (χ3n) is 1.99. The van der Waals surface area contributed by atoms with Crippen molar-refractivity contribution in [2.75, 3.05) is 6.54 Å². The summed E-state index contributed by atoms with van der Waals surface area (Å²) in [6, 6.07) is 5.48. The molecule has 0 unspecified atom stereocenters. The largest absolute Gasteiger partial charge is 0.421 e. The lowest BCUT2D eigenvalue weighted by Gasteiger charge is -1.98. The molecule has 0 bridgehead atoms. The van der Waals surface area contributed by atoms with Crippen LogP contribution in [0.5, 0.6) is 0 Å². The lowest BCUT2D eigenvalue weighted by atomic mass is 10.2. The van der Waals surface area contributed by atoms with Gasteiger partial charge in [-0.1, -0.05) is 27.5 Å². The van der Waals surface area contributed by atoms with Gasteiger partial charge in [-0.15, -0.1) is 10.2 Å². The summed E-state index contributed by atoms with van der Waals surface area (Å²) in [6.07, 6.45) is 0.571. The number of benzene rings is 1. The number of rotatable bonds is 3. The standard InChI is InChI=1S/C10H9BrClN3O/c11-6-1-2-7(8(12)5-6)10-15-14-9(16-10)3-4-13/h1-2,5H,3-4,13H2. The number of nitrogens with two attached hydrogens (primary N) is 1. The van der Waals surface area contributed by atoms with Crippen molar-refractivity contribution in [3.63, 3.8) is 0 Å². The van der Waals surface area contributed by atoms with Crippen LogP contribution in [0.3, 0.4) is 0 Å². The molecule has 0 atom stereocenters. The van der Waals surface area contributed by atoms with Gasteiger partial charge in [0.2, 0.25) is 11.8 Å². The van der Waals surface area contributed by atoms with Crippen LogP contribution in [0.15, 0.2) is 27.1 Å². The molecule has 1 heterocycles. The van der Waals surface area contributed by atoms with Crippen LogP contribution in [0.4, 0.5) is 0 Å². The second kappa shape index (κ2) is 4.95. The van der Waals surface area contributed by atoms with E-state index in [1.54, 1.807) is 6.07 Å². The maximum absolute atomic E-state index is 6.07. The minimum Gasteiger partial charge on any atom is -0.421 e. The second-order valence-corrected chi connectivity index (χ2v) is 4.49. The van der Waals surface area contributed by atoms with Crippen molar-refractivity contribution < 1.29 is 4.42 Å². The number of halogens is 2. The Balaban J connectivity index is 2.35. The molecule has 6 heteroatoms. The van der Waals surface area contributed by atoms with Crippen LogP contribution in [0.2, 0.25) is 5.02 Å². The zero-order valence-corrected chi connectivity index (χ0v) is 10.6. The Bertz CT molecular complexity index is 501. The monoisotopic (exact) mass is 301 g/mol. The number of hydrogen-bond donors (Lipinski definition) is 1. The Kier molecular flexibility index (Phi) is 3.58. The van der Waals surface area contributed by atoms with Crippen LogP contribution >= 0.6 is 27.5 Å². The summed E-state index contributed by atoms with van der Waals surface area (Å²) in [5.74, 6) is 0.942. The fourth-order valence-corrected chi connectivity index (χ4v) is 2.00. The predicted molar refractivity (Wildman–Crippen MR) is 65.2 cm³/mol. The summed E-state index contributed by atoms with van der Waals surface area (Å²) in [5, 5.41) is 8.37. The molecule has 84 valence electrons. The van der Waals surface area contributed by atoms with Crippen LogP contribution in [-0.4, -0.2) is 16.7 Å². The van der Waals surface area contributed by atoms with E-state index in [-0.39, 0.29) is 0 Å². The lowest BCUT2D eigenvalue weighted by molar-refractivity contribution is 0.507. The van der Waals surface area contributed by atoms with Gasteiger partial charge in [0.15, 0.2) is 0 Å². The van der Waals surface area contributed by atoms with E-state index in [1.165, 1.54) is 0 Å². The highest BCUT2D eigenvalue weighted by atomic mass is 79.9. The molecule has 0 aliphatic rings. The maximum Gasteiger partial charge on any atom is 0.249 e. The molecule has 2 N–H and O–H groups in total. The van der Waals surface area contributed by atoms with Gasteiger partial charge in [0.1, 0.15) is 0 Å². The molecule has 2 aromatic rings. The number of nitrogens with zero attached hydrogens (tertiary/aromatic N) is 2. The first-order valence-electron chi connectivity index (χ1n) is 4.68. The van der Waals surface area contributed by atoms with Crippen LogP contribution in [0.1, 0.15) is 5.89 Å². The highest BCUT2D eigenvalue weighted by molar-refractivity contribution is 9.10. The second-order valence-electron chi connectivity index (χ2n) is 3.16. The van der Waals surface area contributed by atoms with Crippen LogP contribution < -0.4 is 5.73 Å². The molecule has 0 amide bonds.